The van der Waals surface area contributed by atoms with Gasteiger partial charge in [0.15, 0.2) is 17.7 Å². The molecule has 0 atom stereocenters. The number of hydrogen-bond acceptors (Lipinski definition) is 3. The lowest BCUT2D eigenvalue weighted by Gasteiger charge is -2.16. The number of carbonyl (C=O) groups excluding carboxylic acids is 2. The van der Waals surface area contributed by atoms with Crippen LogP contribution in [-0.4, -0.2) is 24.3 Å². The van der Waals surface area contributed by atoms with E-state index in [1.54, 1.807) is 48.5 Å². The molecule has 3 aromatic rings. The summed E-state index contributed by atoms with van der Waals surface area (Å²) in [6, 6.07) is 27.4. The summed E-state index contributed by atoms with van der Waals surface area (Å²) < 4.78 is 5.78. The Bertz CT molecular complexity index is 791. The predicted octanol–water partition coefficient (Wildman–Crippen LogP) is 4.38. The van der Waals surface area contributed by atoms with Crippen LogP contribution in [0.4, 0.5) is 0 Å². The molecule has 3 nitrogen and oxygen atoms in total. The van der Waals surface area contributed by atoms with Crippen LogP contribution in [0.2, 0.25) is 0 Å². The first-order valence-electron chi connectivity index (χ1n) is 8.60. The molecule has 0 radical (unpaired) electrons. The molecule has 0 aromatic heterocycles. The number of benzene rings is 3. The summed E-state index contributed by atoms with van der Waals surface area (Å²) in [5.74, 6) is -0.625. The number of ketones is 2. The fraction of sp³-hybridized carbons (Fsp3) is 0.130. The number of rotatable bonds is 8. The van der Waals surface area contributed by atoms with Crippen LogP contribution in [0.1, 0.15) is 26.3 Å². The first-order chi connectivity index (χ1) is 12.8. The summed E-state index contributed by atoms with van der Waals surface area (Å²) in [4.78, 5) is 25.7. The van der Waals surface area contributed by atoms with E-state index in [1.807, 2.05) is 42.5 Å². The second kappa shape index (κ2) is 8.88. The van der Waals surface area contributed by atoms with Crippen LogP contribution in [0.3, 0.4) is 0 Å². The smallest absolute Gasteiger partial charge is 0.199 e. The van der Waals surface area contributed by atoms with Gasteiger partial charge >= 0.3 is 0 Å². The Balaban J connectivity index is 1.77. The molecule has 0 N–H and O–H groups in total. The van der Waals surface area contributed by atoms with E-state index < -0.39 is 6.10 Å². The van der Waals surface area contributed by atoms with E-state index in [0.29, 0.717) is 24.2 Å². The molecule has 0 unspecified atom stereocenters. The third-order valence-electron chi connectivity index (χ3n) is 4.11. The Hall–Kier alpha value is -3.04. The molecule has 3 aromatic carbocycles. The van der Waals surface area contributed by atoms with Gasteiger partial charge in [0, 0.05) is 11.1 Å². The molecule has 0 aliphatic rings. The average molecular weight is 344 g/mol. The third kappa shape index (κ3) is 4.52. The summed E-state index contributed by atoms with van der Waals surface area (Å²) >= 11 is 0. The van der Waals surface area contributed by atoms with Crippen molar-refractivity contribution in [3.63, 3.8) is 0 Å². The third-order valence-corrected chi connectivity index (χ3v) is 4.11. The maximum Gasteiger partial charge on any atom is 0.199 e. The van der Waals surface area contributed by atoms with E-state index in [2.05, 4.69) is 0 Å². The van der Waals surface area contributed by atoms with Crippen molar-refractivity contribution in [3.8, 4) is 0 Å². The Morgan fingerprint density at radius 1 is 0.654 bits per heavy atom. The lowest BCUT2D eigenvalue weighted by atomic mass is 9.98. The van der Waals surface area contributed by atoms with Crippen LogP contribution in [0.5, 0.6) is 0 Å². The topological polar surface area (TPSA) is 43.4 Å². The van der Waals surface area contributed by atoms with E-state index in [9.17, 15) is 9.59 Å². The van der Waals surface area contributed by atoms with Crippen LogP contribution >= 0.6 is 0 Å². The van der Waals surface area contributed by atoms with Gasteiger partial charge in [-0.15, -0.1) is 0 Å². The second-order valence-electron chi connectivity index (χ2n) is 5.95. The van der Waals surface area contributed by atoms with E-state index in [1.165, 1.54) is 0 Å². The van der Waals surface area contributed by atoms with Crippen molar-refractivity contribution in [1.29, 1.82) is 0 Å². The summed E-state index contributed by atoms with van der Waals surface area (Å²) in [5.41, 5.74) is 2.05. The Labute approximate surface area is 153 Å². The molecule has 130 valence electrons. The monoisotopic (exact) mass is 344 g/mol. The van der Waals surface area contributed by atoms with Crippen LogP contribution in [-0.2, 0) is 11.2 Å². The molecule has 0 saturated carbocycles. The van der Waals surface area contributed by atoms with E-state index in [-0.39, 0.29) is 11.6 Å². The highest BCUT2D eigenvalue weighted by Gasteiger charge is 2.29. The standard InChI is InChI=1S/C23H20O3/c24-21(19-12-6-2-7-13-19)23(22(25)20-14-8-3-9-15-20)26-17-16-18-10-4-1-5-11-18/h1-15,23H,16-17H2. The van der Waals surface area contributed by atoms with Crippen molar-refractivity contribution in [1.82, 2.24) is 0 Å². The minimum atomic E-state index is -1.14. The summed E-state index contributed by atoms with van der Waals surface area (Å²) in [7, 11) is 0. The predicted molar refractivity (Wildman–Crippen MR) is 101 cm³/mol. The highest BCUT2D eigenvalue weighted by Crippen LogP contribution is 2.13. The van der Waals surface area contributed by atoms with Crippen molar-refractivity contribution in [2.24, 2.45) is 0 Å². The van der Waals surface area contributed by atoms with Gasteiger partial charge in [0.1, 0.15) is 0 Å². The highest BCUT2D eigenvalue weighted by molar-refractivity contribution is 6.18. The minimum absolute atomic E-state index is 0.297. The van der Waals surface area contributed by atoms with Gasteiger partial charge in [0.2, 0.25) is 0 Å². The van der Waals surface area contributed by atoms with Crippen molar-refractivity contribution in [3.05, 3.63) is 108 Å². The summed E-state index contributed by atoms with van der Waals surface area (Å²) in [6.45, 7) is 0.297. The van der Waals surface area contributed by atoms with Crippen LogP contribution in [0, 0.1) is 0 Å². The number of carbonyl (C=O) groups is 2. The second-order valence-corrected chi connectivity index (χ2v) is 5.95. The molecule has 0 fully saturated rings. The number of Topliss-reactive ketones (excluding diaryl/α,β-unsaturated/α-hetero) is 2. The molecule has 3 heteroatoms. The maximum absolute atomic E-state index is 12.9. The van der Waals surface area contributed by atoms with Gasteiger partial charge < -0.3 is 4.74 Å². The molecular formula is C23H20O3. The Kier molecular flexibility index (Phi) is 6.07. The molecule has 0 heterocycles. The zero-order valence-electron chi connectivity index (χ0n) is 14.4. The summed E-state index contributed by atoms with van der Waals surface area (Å²) in [6.07, 6.45) is -0.495. The Morgan fingerprint density at radius 2 is 1.08 bits per heavy atom. The zero-order chi connectivity index (χ0) is 18.2. The van der Waals surface area contributed by atoms with Gasteiger partial charge in [-0.25, -0.2) is 0 Å². The first-order valence-corrected chi connectivity index (χ1v) is 8.60. The maximum atomic E-state index is 12.9. The fourth-order valence-corrected chi connectivity index (χ4v) is 2.72. The average Bonchev–Trinajstić information content (AvgIpc) is 2.72. The van der Waals surface area contributed by atoms with Crippen molar-refractivity contribution >= 4 is 11.6 Å². The molecule has 3 rings (SSSR count). The van der Waals surface area contributed by atoms with Gasteiger partial charge in [-0.05, 0) is 12.0 Å². The lowest BCUT2D eigenvalue weighted by Crippen LogP contribution is -2.34. The van der Waals surface area contributed by atoms with Crippen LogP contribution in [0.25, 0.3) is 0 Å². The largest absolute Gasteiger partial charge is 0.361 e. The van der Waals surface area contributed by atoms with Gasteiger partial charge in [0.05, 0.1) is 6.61 Å². The van der Waals surface area contributed by atoms with Gasteiger partial charge in [-0.2, -0.15) is 0 Å². The fourth-order valence-electron chi connectivity index (χ4n) is 2.72. The lowest BCUT2D eigenvalue weighted by molar-refractivity contribution is 0.0376. The van der Waals surface area contributed by atoms with Gasteiger partial charge in [0.25, 0.3) is 0 Å². The SMILES string of the molecule is O=C(c1ccccc1)C(OCCc1ccccc1)C(=O)c1ccccc1. The molecule has 0 spiro atoms. The Morgan fingerprint density at radius 3 is 1.54 bits per heavy atom. The molecule has 0 bridgehead atoms. The van der Waals surface area contributed by atoms with E-state index in [4.69, 9.17) is 4.74 Å². The number of hydrogen-bond donors (Lipinski definition) is 0. The zero-order valence-corrected chi connectivity index (χ0v) is 14.4. The summed E-state index contributed by atoms with van der Waals surface area (Å²) in [5, 5.41) is 0. The van der Waals surface area contributed by atoms with Gasteiger partial charge in [-0.1, -0.05) is 91.0 Å². The van der Waals surface area contributed by atoms with Gasteiger partial charge in [-0.3, -0.25) is 9.59 Å². The van der Waals surface area contributed by atoms with E-state index >= 15 is 0 Å². The quantitative estimate of drug-likeness (QED) is 0.450. The molecule has 0 aliphatic carbocycles. The van der Waals surface area contributed by atoms with Crippen LogP contribution in [0.15, 0.2) is 91.0 Å². The molecule has 26 heavy (non-hydrogen) atoms. The highest BCUT2D eigenvalue weighted by atomic mass is 16.5. The normalized spacial score (nSPS) is 10.7. The van der Waals surface area contributed by atoms with E-state index in [0.717, 1.165) is 5.56 Å². The van der Waals surface area contributed by atoms with Crippen molar-refractivity contribution in [2.45, 2.75) is 12.5 Å². The minimum Gasteiger partial charge on any atom is -0.361 e. The van der Waals surface area contributed by atoms with Crippen molar-refractivity contribution < 1.29 is 14.3 Å². The van der Waals surface area contributed by atoms with Crippen LogP contribution < -0.4 is 0 Å². The number of ether oxygens (including phenoxy) is 1. The first kappa shape index (κ1) is 17.8. The van der Waals surface area contributed by atoms with Crippen molar-refractivity contribution in [2.75, 3.05) is 6.61 Å². The molecular weight excluding hydrogens is 324 g/mol. The molecule has 0 saturated heterocycles. The molecule has 0 amide bonds. The molecule has 0 aliphatic heterocycles.